The quantitative estimate of drug-likeness (QED) is 0.261. The van der Waals surface area contributed by atoms with Gasteiger partial charge in [0.2, 0.25) is 0 Å². The van der Waals surface area contributed by atoms with E-state index in [1.807, 2.05) is 20.8 Å². The van der Waals surface area contributed by atoms with Gasteiger partial charge in [-0.1, -0.05) is 67.2 Å². The second kappa shape index (κ2) is 16.8. The van der Waals surface area contributed by atoms with Crippen molar-refractivity contribution in [2.75, 3.05) is 0 Å². The molecule has 0 spiro atoms. The van der Waals surface area contributed by atoms with Gasteiger partial charge >= 0.3 is 0 Å². The van der Waals surface area contributed by atoms with Crippen LogP contribution in [0.15, 0.2) is 0 Å². The van der Waals surface area contributed by atoms with Crippen LogP contribution in [0.4, 0.5) is 22.0 Å². The molecule has 274 valence electrons. The number of halogens is 5. The van der Waals surface area contributed by atoms with Gasteiger partial charge in [0.25, 0.3) is 0 Å². The molecule has 6 saturated carbocycles. The molecule has 0 aromatic rings. The molecule has 6 fully saturated rings. The van der Waals surface area contributed by atoms with Crippen LogP contribution in [0.3, 0.4) is 0 Å². The first-order chi connectivity index (χ1) is 22.3. The predicted molar refractivity (Wildman–Crippen MR) is 186 cm³/mol. The maximum Gasteiger partial charge on any atom is 0.106 e. The van der Waals surface area contributed by atoms with E-state index in [2.05, 4.69) is 20.8 Å². The Morgan fingerprint density at radius 2 is 0.702 bits per heavy atom. The van der Waals surface area contributed by atoms with E-state index < -0.39 is 36.8 Å². The van der Waals surface area contributed by atoms with Crippen molar-refractivity contribution < 1.29 is 22.0 Å². The van der Waals surface area contributed by atoms with Crippen LogP contribution in [0, 0.1) is 82.9 Å². The van der Waals surface area contributed by atoms with Crippen LogP contribution in [0.1, 0.15) is 151 Å². The van der Waals surface area contributed by atoms with Gasteiger partial charge in [-0.2, -0.15) is 0 Å². The lowest BCUT2D eigenvalue weighted by molar-refractivity contribution is -0.0438. The van der Waals surface area contributed by atoms with E-state index in [1.54, 1.807) is 0 Å². The van der Waals surface area contributed by atoms with Gasteiger partial charge in [-0.15, -0.1) is 0 Å². The van der Waals surface area contributed by atoms with E-state index in [1.165, 1.54) is 44.9 Å². The molecule has 0 bridgehead atoms. The highest BCUT2D eigenvalue weighted by molar-refractivity contribution is 4.97. The van der Waals surface area contributed by atoms with Crippen molar-refractivity contribution in [1.82, 2.24) is 0 Å². The molecule has 13 unspecified atom stereocenters. The Morgan fingerprint density at radius 3 is 1.17 bits per heavy atom. The van der Waals surface area contributed by atoms with Crippen molar-refractivity contribution in [3.8, 4) is 0 Å². The van der Waals surface area contributed by atoms with Gasteiger partial charge in [-0.25, -0.2) is 22.0 Å². The molecule has 5 heteroatoms. The zero-order chi connectivity index (χ0) is 34.0. The first-order valence-electron chi connectivity index (χ1n) is 20.5. The van der Waals surface area contributed by atoms with Crippen molar-refractivity contribution in [3.05, 3.63) is 0 Å². The largest absolute Gasteiger partial charge is 0.247 e. The average molecular weight is 671 g/mol. The minimum absolute atomic E-state index is 0.0259. The molecule has 0 N–H and O–H groups in total. The van der Waals surface area contributed by atoms with Crippen LogP contribution in [-0.2, 0) is 0 Å². The molecule has 0 heterocycles. The Labute approximate surface area is 286 Å². The molecular formula is C42H71F5. The monoisotopic (exact) mass is 671 g/mol. The van der Waals surface area contributed by atoms with E-state index in [0.29, 0.717) is 49.4 Å². The van der Waals surface area contributed by atoms with E-state index >= 15 is 0 Å². The number of hydrogen-bond acceptors (Lipinski definition) is 0. The third kappa shape index (κ3) is 9.31. The maximum atomic E-state index is 15.0. The summed E-state index contributed by atoms with van der Waals surface area (Å²) < 4.78 is 73.3. The Hall–Kier alpha value is -0.350. The van der Waals surface area contributed by atoms with E-state index in [4.69, 9.17) is 0 Å². The summed E-state index contributed by atoms with van der Waals surface area (Å²) in [5.74, 6) is 4.33. The number of rotatable bonds is 4. The molecule has 6 rings (SSSR count). The van der Waals surface area contributed by atoms with Gasteiger partial charge in [0.15, 0.2) is 0 Å². The van der Waals surface area contributed by atoms with Crippen LogP contribution >= 0.6 is 0 Å². The molecular weight excluding hydrogens is 599 g/mol. The highest BCUT2D eigenvalue weighted by Crippen LogP contribution is 2.50. The molecule has 6 aliphatic carbocycles. The molecule has 0 aliphatic heterocycles. The van der Waals surface area contributed by atoms with Gasteiger partial charge in [-0.3, -0.25) is 0 Å². The molecule has 47 heavy (non-hydrogen) atoms. The fraction of sp³-hybridized carbons (Fsp3) is 1.00. The zero-order valence-corrected chi connectivity index (χ0v) is 30.9. The van der Waals surface area contributed by atoms with E-state index in [-0.39, 0.29) is 35.5 Å². The summed E-state index contributed by atoms with van der Waals surface area (Å²) in [4.78, 5) is 0. The van der Waals surface area contributed by atoms with Crippen LogP contribution in [0.5, 0.6) is 0 Å². The lowest BCUT2D eigenvalue weighted by atomic mass is 9.62. The van der Waals surface area contributed by atoms with Gasteiger partial charge in [0, 0.05) is 5.92 Å². The minimum atomic E-state index is -1.07. The number of alkyl halides is 5. The Balaban J connectivity index is 0.000000185. The third-order valence-corrected chi connectivity index (χ3v) is 15.7. The Morgan fingerprint density at radius 1 is 0.319 bits per heavy atom. The van der Waals surface area contributed by atoms with Crippen LogP contribution < -0.4 is 0 Å². The molecule has 0 amide bonds. The second-order valence-corrected chi connectivity index (χ2v) is 18.8. The molecule has 0 aromatic carbocycles. The van der Waals surface area contributed by atoms with Crippen molar-refractivity contribution in [2.45, 2.75) is 182 Å². The fourth-order valence-corrected chi connectivity index (χ4v) is 11.8. The highest BCUT2D eigenvalue weighted by atomic mass is 19.2. The third-order valence-electron chi connectivity index (χ3n) is 15.7. The summed E-state index contributed by atoms with van der Waals surface area (Å²) in [7, 11) is 0. The van der Waals surface area contributed by atoms with Crippen molar-refractivity contribution in [3.63, 3.8) is 0 Å². The zero-order valence-electron chi connectivity index (χ0n) is 30.9. The van der Waals surface area contributed by atoms with E-state index in [9.17, 15) is 22.0 Å². The molecule has 13 atom stereocenters. The summed E-state index contributed by atoms with van der Waals surface area (Å²) in [6.07, 6.45) is 12.4. The Bertz CT molecular complexity index is 890. The number of hydrogen-bond donors (Lipinski definition) is 0. The van der Waals surface area contributed by atoms with Crippen molar-refractivity contribution in [2.24, 2.45) is 82.9 Å². The van der Waals surface area contributed by atoms with Crippen LogP contribution in [0.2, 0.25) is 0 Å². The SMILES string of the molecule is CC1CCC(C2CC(F)C(C3CC(C)C(C)C(F)C3)C(F)C2)CC1.CC1CCC(C2CCC(C3CC(C)C(C)C(F)C3)C(F)C2)CC1. The smallest absolute Gasteiger partial charge is 0.106 e. The van der Waals surface area contributed by atoms with Gasteiger partial charge in [-0.05, 0) is 160 Å². The predicted octanol–water partition coefficient (Wildman–Crippen LogP) is 13.1. The topological polar surface area (TPSA) is 0 Å². The van der Waals surface area contributed by atoms with Gasteiger partial charge in [0.05, 0.1) is 0 Å². The molecule has 0 nitrogen and oxygen atoms in total. The second-order valence-electron chi connectivity index (χ2n) is 18.8. The summed E-state index contributed by atoms with van der Waals surface area (Å²) in [5, 5.41) is 0. The van der Waals surface area contributed by atoms with Crippen molar-refractivity contribution >= 4 is 0 Å². The maximum absolute atomic E-state index is 15.0. The van der Waals surface area contributed by atoms with Crippen LogP contribution in [0.25, 0.3) is 0 Å². The molecule has 0 aromatic heterocycles. The van der Waals surface area contributed by atoms with Crippen LogP contribution in [-0.4, -0.2) is 30.9 Å². The summed E-state index contributed by atoms with van der Waals surface area (Å²) >= 11 is 0. The average Bonchev–Trinajstić information content (AvgIpc) is 3.03. The standard InChI is InChI=1S/C21H35F3.C21H36F2/c1-12-4-6-15(7-5-12)16-9-19(23)21(20(24)10-16)17-8-13(2)14(3)18(22)11-17;1-13-4-6-16(7-5-13)17-8-9-19(21(23)11-17)18-10-14(2)15(3)20(22)12-18/h12-21H,4-11H2,1-3H3;13-21H,4-12H2,1-3H3. The molecule has 6 aliphatic rings. The minimum Gasteiger partial charge on any atom is -0.247 e. The Kier molecular flexibility index (Phi) is 13.5. The lowest BCUT2D eigenvalue weighted by Gasteiger charge is -2.46. The van der Waals surface area contributed by atoms with Gasteiger partial charge in [0.1, 0.15) is 30.9 Å². The normalized spacial score (nSPS) is 53.0. The fourth-order valence-electron chi connectivity index (χ4n) is 11.8. The summed E-state index contributed by atoms with van der Waals surface area (Å²) in [5.41, 5.74) is 0. The highest BCUT2D eigenvalue weighted by Gasteiger charge is 2.48. The van der Waals surface area contributed by atoms with E-state index in [0.717, 1.165) is 56.3 Å². The summed E-state index contributed by atoms with van der Waals surface area (Å²) in [6.45, 7) is 12.8. The van der Waals surface area contributed by atoms with Gasteiger partial charge < -0.3 is 0 Å². The first-order valence-corrected chi connectivity index (χ1v) is 20.5. The summed E-state index contributed by atoms with van der Waals surface area (Å²) in [6, 6.07) is 0. The molecule has 0 radical (unpaired) electrons. The lowest BCUT2D eigenvalue weighted by Crippen LogP contribution is -2.45. The molecule has 0 saturated heterocycles. The first kappa shape index (κ1) is 37.9. The van der Waals surface area contributed by atoms with Crippen molar-refractivity contribution in [1.29, 1.82) is 0 Å².